The zero-order chi connectivity index (χ0) is 23.7. The van der Waals surface area contributed by atoms with Crippen LogP contribution in [0.1, 0.15) is 29.8 Å². The Morgan fingerprint density at radius 1 is 0.969 bits per heavy atom. The Morgan fingerprint density at radius 3 is 2.28 bits per heavy atom. The van der Waals surface area contributed by atoms with Gasteiger partial charge in [-0.1, -0.05) is 50.2 Å². The van der Waals surface area contributed by atoms with Gasteiger partial charge in [-0.25, -0.2) is 9.59 Å². The van der Waals surface area contributed by atoms with E-state index in [4.69, 9.17) is 14.2 Å². The molecule has 0 aliphatic heterocycles. The Bertz CT molecular complexity index is 974. The van der Waals surface area contributed by atoms with Crippen LogP contribution in [-0.4, -0.2) is 49.5 Å². The molecule has 1 N–H and O–H groups in total. The van der Waals surface area contributed by atoms with Crippen LogP contribution in [0.25, 0.3) is 0 Å². The van der Waals surface area contributed by atoms with Crippen molar-refractivity contribution in [2.24, 2.45) is 5.92 Å². The molecule has 9 heteroatoms. The maximum absolute atomic E-state index is 12.3. The zero-order valence-electron chi connectivity index (χ0n) is 18.4. The van der Waals surface area contributed by atoms with E-state index in [2.05, 4.69) is 5.32 Å². The van der Waals surface area contributed by atoms with Gasteiger partial charge in [-0.3, -0.25) is 9.59 Å². The molecule has 0 aliphatic rings. The molecule has 0 radical (unpaired) electrons. The van der Waals surface area contributed by atoms with Gasteiger partial charge in [0.05, 0.1) is 12.5 Å². The molecule has 0 aromatic heterocycles. The number of hydrogen-bond acceptors (Lipinski definition) is 7. The molecule has 2 aromatic rings. The van der Waals surface area contributed by atoms with Crippen LogP contribution in [-0.2, 0) is 16.1 Å². The lowest BCUT2D eigenvalue weighted by Gasteiger charge is -2.17. The predicted octanol–water partition coefficient (Wildman–Crippen LogP) is 3.42. The van der Waals surface area contributed by atoms with Crippen LogP contribution >= 0.6 is 0 Å². The Kier molecular flexibility index (Phi) is 8.76. The topological polar surface area (TPSA) is 111 Å². The highest BCUT2D eigenvalue weighted by Gasteiger charge is 2.18. The first-order valence-electron chi connectivity index (χ1n) is 9.91. The van der Waals surface area contributed by atoms with Gasteiger partial charge in [0.2, 0.25) is 0 Å². The first kappa shape index (κ1) is 24.4. The zero-order valence-corrected chi connectivity index (χ0v) is 18.4. The molecule has 0 saturated carbocycles. The van der Waals surface area contributed by atoms with Gasteiger partial charge in [0.15, 0.2) is 17.3 Å². The molecule has 2 rings (SSSR count). The third-order valence-corrected chi connectivity index (χ3v) is 4.25. The molecule has 0 saturated heterocycles. The van der Waals surface area contributed by atoms with Crippen LogP contribution in [0.3, 0.4) is 0 Å². The molecule has 0 heterocycles. The van der Waals surface area contributed by atoms with Crippen molar-refractivity contribution in [1.29, 1.82) is 0 Å². The number of nitrogens with zero attached hydrogens (tertiary/aromatic N) is 1. The number of ketones is 1. The fourth-order valence-electron chi connectivity index (χ4n) is 2.43. The third-order valence-electron chi connectivity index (χ3n) is 4.25. The Balaban J connectivity index is 2.04. The van der Waals surface area contributed by atoms with E-state index in [1.54, 1.807) is 50.2 Å². The number of carbonyl (C=O) groups excluding carboxylic acids is 4. The number of amides is 2. The fraction of sp³-hybridized carbons (Fsp3) is 0.304. The molecule has 32 heavy (non-hydrogen) atoms. The molecule has 2 amide bonds. The van der Waals surface area contributed by atoms with Crippen molar-refractivity contribution in [3.05, 3.63) is 59.7 Å². The van der Waals surface area contributed by atoms with Crippen LogP contribution in [0.4, 0.5) is 9.59 Å². The van der Waals surface area contributed by atoms with Gasteiger partial charge in [-0.2, -0.15) is 0 Å². The van der Waals surface area contributed by atoms with E-state index in [-0.39, 0.29) is 30.4 Å². The van der Waals surface area contributed by atoms with Gasteiger partial charge in [0.25, 0.3) is 0 Å². The second-order valence-electron chi connectivity index (χ2n) is 7.20. The summed E-state index contributed by atoms with van der Waals surface area (Å²) in [5, 5.41) is 2.31. The summed E-state index contributed by atoms with van der Waals surface area (Å²) in [5.41, 5.74) is 0.993. The lowest BCUT2D eigenvalue weighted by atomic mass is 10.1. The van der Waals surface area contributed by atoms with Crippen LogP contribution in [0.2, 0.25) is 0 Å². The number of rotatable bonds is 8. The second-order valence-corrected chi connectivity index (χ2v) is 7.20. The molecule has 9 nitrogen and oxygen atoms in total. The summed E-state index contributed by atoms with van der Waals surface area (Å²) in [6.45, 7) is 3.05. The number of ether oxygens (including phenoxy) is 3. The van der Waals surface area contributed by atoms with Gasteiger partial charge in [-0.15, -0.1) is 0 Å². The highest BCUT2D eigenvalue weighted by atomic mass is 16.6. The van der Waals surface area contributed by atoms with Crippen molar-refractivity contribution in [2.45, 2.75) is 20.5 Å². The van der Waals surface area contributed by atoms with Gasteiger partial charge in [0.1, 0.15) is 6.61 Å². The number of nitrogens with one attached hydrogen (secondary N) is 1. The molecule has 0 spiro atoms. The Hall–Kier alpha value is -3.88. The summed E-state index contributed by atoms with van der Waals surface area (Å²) in [6, 6.07) is 13.1. The van der Waals surface area contributed by atoms with E-state index in [0.717, 1.165) is 4.90 Å². The maximum Gasteiger partial charge on any atom is 0.412 e. The summed E-state index contributed by atoms with van der Waals surface area (Å²) < 4.78 is 15.7. The molecule has 0 atom stereocenters. The number of hydrogen-bond donors (Lipinski definition) is 1. The quantitative estimate of drug-likeness (QED) is 0.379. The van der Waals surface area contributed by atoms with Crippen molar-refractivity contribution in [3.8, 4) is 11.5 Å². The van der Waals surface area contributed by atoms with E-state index < -0.39 is 24.1 Å². The lowest BCUT2D eigenvalue weighted by Crippen LogP contribution is -2.32. The van der Waals surface area contributed by atoms with E-state index in [0.29, 0.717) is 11.1 Å². The normalized spacial score (nSPS) is 10.3. The van der Waals surface area contributed by atoms with Crippen molar-refractivity contribution in [3.63, 3.8) is 0 Å². The fourth-order valence-corrected chi connectivity index (χ4v) is 2.43. The van der Waals surface area contributed by atoms with Crippen LogP contribution < -0.4 is 14.8 Å². The van der Waals surface area contributed by atoms with Crippen molar-refractivity contribution < 1.29 is 33.4 Å². The SMILES string of the molecule is CNC(=O)Oc1ccc(COC(=O)N(C)CC(=O)c2ccccc2)cc1OC(=O)C(C)C. The summed E-state index contributed by atoms with van der Waals surface area (Å²) in [5.74, 6) is -1.07. The maximum atomic E-state index is 12.3. The number of likely N-dealkylation sites (N-methyl/N-ethyl adjacent to an activating group) is 1. The van der Waals surface area contributed by atoms with Gasteiger partial charge < -0.3 is 24.4 Å². The molecular weight excluding hydrogens is 416 g/mol. The predicted molar refractivity (Wildman–Crippen MR) is 116 cm³/mol. The molecule has 0 unspecified atom stereocenters. The van der Waals surface area contributed by atoms with Crippen LogP contribution in [0.5, 0.6) is 11.5 Å². The standard InChI is InChI=1S/C23H26N2O7/c1-15(2)21(27)31-20-12-16(10-11-19(20)32-22(28)24-3)14-30-23(29)25(4)13-18(26)17-8-6-5-7-9-17/h5-12,15H,13-14H2,1-4H3,(H,24,28). The second kappa shape index (κ2) is 11.5. The molecule has 0 fully saturated rings. The molecule has 2 aromatic carbocycles. The van der Waals surface area contributed by atoms with E-state index >= 15 is 0 Å². The number of benzene rings is 2. The number of carbonyl (C=O) groups is 4. The minimum absolute atomic E-state index is 0.0217. The van der Waals surface area contributed by atoms with E-state index in [1.165, 1.54) is 26.2 Å². The summed E-state index contributed by atoms with van der Waals surface area (Å²) in [7, 11) is 2.86. The third kappa shape index (κ3) is 7.12. The van der Waals surface area contributed by atoms with Crippen molar-refractivity contribution in [1.82, 2.24) is 10.2 Å². The summed E-state index contributed by atoms with van der Waals surface area (Å²) >= 11 is 0. The summed E-state index contributed by atoms with van der Waals surface area (Å²) in [6.07, 6.45) is -1.42. The Morgan fingerprint density at radius 2 is 1.66 bits per heavy atom. The van der Waals surface area contributed by atoms with E-state index in [9.17, 15) is 19.2 Å². The minimum Gasteiger partial charge on any atom is -0.445 e. The van der Waals surface area contributed by atoms with Gasteiger partial charge in [0, 0.05) is 19.7 Å². The van der Waals surface area contributed by atoms with Crippen LogP contribution in [0, 0.1) is 5.92 Å². The van der Waals surface area contributed by atoms with E-state index in [1.807, 2.05) is 0 Å². The van der Waals surface area contributed by atoms with Crippen molar-refractivity contribution >= 4 is 23.9 Å². The van der Waals surface area contributed by atoms with Gasteiger partial charge in [-0.05, 0) is 17.7 Å². The lowest BCUT2D eigenvalue weighted by molar-refractivity contribution is -0.137. The highest BCUT2D eigenvalue weighted by Crippen LogP contribution is 2.29. The number of esters is 1. The molecule has 0 aliphatic carbocycles. The average Bonchev–Trinajstić information content (AvgIpc) is 2.79. The first-order valence-corrected chi connectivity index (χ1v) is 9.91. The molecule has 0 bridgehead atoms. The molecule has 170 valence electrons. The Labute approximate surface area is 186 Å². The number of Topliss-reactive ketones (excluding diaryl/α,β-unsaturated/α-hetero) is 1. The minimum atomic E-state index is -0.726. The first-order chi connectivity index (χ1) is 15.2. The van der Waals surface area contributed by atoms with Gasteiger partial charge >= 0.3 is 18.2 Å². The molecular formula is C23H26N2O7. The highest BCUT2D eigenvalue weighted by molar-refractivity contribution is 5.98. The van der Waals surface area contributed by atoms with Crippen LogP contribution in [0.15, 0.2) is 48.5 Å². The largest absolute Gasteiger partial charge is 0.445 e. The monoisotopic (exact) mass is 442 g/mol. The average molecular weight is 442 g/mol. The smallest absolute Gasteiger partial charge is 0.412 e. The summed E-state index contributed by atoms with van der Waals surface area (Å²) in [4.78, 5) is 49.2. The van der Waals surface area contributed by atoms with Crippen molar-refractivity contribution in [2.75, 3.05) is 20.6 Å².